The normalized spacial score (nSPS) is 49.9. The first-order valence-corrected chi connectivity index (χ1v) is 9.18. The van der Waals surface area contributed by atoms with Crippen molar-refractivity contribution in [1.29, 1.82) is 0 Å². The monoisotopic (exact) mass is 306 g/mol. The summed E-state index contributed by atoms with van der Waals surface area (Å²) in [5, 5.41) is 14.6. The van der Waals surface area contributed by atoms with E-state index in [9.17, 15) is 9.90 Å². The van der Waals surface area contributed by atoms with Gasteiger partial charge in [0, 0.05) is 18.1 Å². The second-order valence-electron chi connectivity index (χ2n) is 8.76. The summed E-state index contributed by atoms with van der Waals surface area (Å²) < 4.78 is 0. The van der Waals surface area contributed by atoms with Crippen molar-refractivity contribution in [2.45, 2.75) is 76.0 Å². The van der Waals surface area contributed by atoms with E-state index in [1.54, 1.807) is 0 Å². The highest BCUT2D eigenvalue weighted by molar-refractivity contribution is 5.79. The van der Waals surface area contributed by atoms with E-state index < -0.39 is 5.60 Å². The number of likely N-dealkylation sites (tertiary alicyclic amines) is 1. The van der Waals surface area contributed by atoms with Gasteiger partial charge in [-0.1, -0.05) is 6.92 Å². The average Bonchev–Trinajstić information content (AvgIpc) is 2.87. The lowest BCUT2D eigenvalue weighted by molar-refractivity contribution is -0.181. The molecule has 5 fully saturated rings. The number of carbonyl (C=O) groups is 1. The van der Waals surface area contributed by atoms with Crippen LogP contribution in [0.5, 0.6) is 0 Å². The van der Waals surface area contributed by atoms with Crippen molar-refractivity contribution >= 4 is 5.91 Å². The van der Waals surface area contributed by atoms with E-state index >= 15 is 0 Å². The number of aliphatic hydroxyl groups is 1. The number of carbonyl (C=O) groups excluding carboxylic acids is 1. The first-order valence-electron chi connectivity index (χ1n) is 9.18. The minimum Gasteiger partial charge on any atom is -0.390 e. The fraction of sp³-hybridized carbons (Fsp3) is 0.944. The van der Waals surface area contributed by atoms with Gasteiger partial charge in [0.2, 0.25) is 5.91 Å². The van der Waals surface area contributed by atoms with Crippen LogP contribution in [-0.4, -0.2) is 46.2 Å². The highest BCUT2D eigenvalue weighted by Gasteiger charge is 2.60. The molecule has 6 atom stereocenters. The van der Waals surface area contributed by atoms with E-state index in [-0.39, 0.29) is 11.4 Å². The van der Waals surface area contributed by atoms with Gasteiger partial charge >= 0.3 is 0 Å². The van der Waals surface area contributed by atoms with Crippen molar-refractivity contribution in [2.75, 3.05) is 13.1 Å². The lowest BCUT2D eigenvalue weighted by Crippen LogP contribution is -2.68. The molecule has 0 radical (unpaired) electrons. The van der Waals surface area contributed by atoms with E-state index in [4.69, 9.17) is 0 Å². The van der Waals surface area contributed by atoms with Crippen molar-refractivity contribution in [1.82, 2.24) is 10.2 Å². The Morgan fingerprint density at radius 2 is 2.14 bits per heavy atom. The molecule has 1 saturated heterocycles. The SMILES string of the molecule is C[C@@H]1CCCN1C(=O)CN[C@]12C[C@@H]3C[C@H](C1)[C@H](C)C(O)(C3)C2. The molecule has 4 bridgehead atoms. The second kappa shape index (κ2) is 4.94. The van der Waals surface area contributed by atoms with Crippen LogP contribution in [0.2, 0.25) is 0 Å². The van der Waals surface area contributed by atoms with Crippen LogP contribution in [0.1, 0.15) is 58.8 Å². The highest BCUT2D eigenvalue weighted by Crippen LogP contribution is 2.59. The number of hydrogen-bond acceptors (Lipinski definition) is 3. The highest BCUT2D eigenvalue weighted by atomic mass is 16.3. The molecule has 1 heterocycles. The Hall–Kier alpha value is -0.610. The van der Waals surface area contributed by atoms with E-state index in [0.29, 0.717) is 30.3 Å². The quantitative estimate of drug-likeness (QED) is 0.837. The fourth-order valence-electron chi connectivity index (χ4n) is 6.23. The second-order valence-corrected chi connectivity index (χ2v) is 8.76. The molecule has 0 spiro atoms. The van der Waals surface area contributed by atoms with Gasteiger partial charge in [-0.25, -0.2) is 0 Å². The fourth-order valence-corrected chi connectivity index (χ4v) is 6.23. The maximum Gasteiger partial charge on any atom is 0.236 e. The summed E-state index contributed by atoms with van der Waals surface area (Å²) >= 11 is 0. The van der Waals surface area contributed by atoms with Gasteiger partial charge in [-0.2, -0.15) is 0 Å². The molecule has 4 heteroatoms. The minimum absolute atomic E-state index is 0.0196. The topological polar surface area (TPSA) is 52.6 Å². The molecule has 5 aliphatic rings. The standard InChI is InChI=1S/C18H30N2O2/c1-12-4-3-5-20(12)16(21)10-19-17-7-14-6-15(9-17)13(2)18(22,8-14)11-17/h12-15,19,22H,3-11H2,1-2H3/t12-,13+,14+,15-,17-,18?/m1/s1. The molecule has 5 rings (SSSR count). The molecule has 0 aromatic carbocycles. The zero-order chi connectivity index (χ0) is 15.5. The van der Waals surface area contributed by atoms with Crippen LogP contribution in [0.25, 0.3) is 0 Å². The van der Waals surface area contributed by atoms with Crippen molar-refractivity contribution in [2.24, 2.45) is 17.8 Å². The summed E-state index contributed by atoms with van der Waals surface area (Å²) in [5.74, 6) is 1.97. The molecule has 1 amide bonds. The van der Waals surface area contributed by atoms with Crippen LogP contribution < -0.4 is 5.32 Å². The van der Waals surface area contributed by atoms with Crippen LogP contribution in [0, 0.1) is 17.8 Å². The Bertz CT molecular complexity index is 482. The molecule has 22 heavy (non-hydrogen) atoms. The minimum atomic E-state index is -0.485. The predicted octanol–water partition coefficient (Wildman–Crippen LogP) is 1.92. The zero-order valence-corrected chi connectivity index (χ0v) is 14.0. The Morgan fingerprint density at radius 1 is 1.32 bits per heavy atom. The van der Waals surface area contributed by atoms with Crippen molar-refractivity contribution in [3.05, 3.63) is 0 Å². The van der Waals surface area contributed by atoms with Crippen molar-refractivity contribution in [3.8, 4) is 0 Å². The van der Waals surface area contributed by atoms with E-state index in [1.807, 2.05) is 4.90 Å². The number of nitrogens with one attached hydrogen (secondary N) is 1. The molecule has 4 nitrogen and oxygen atoms in total. The van der Waals surface area contributed by atoms with Crippen LogP contribution in [0.3, 0.4) is 0 Å². The maximum atomic E-state index is 12.5. The number of rotatable bonds is 3. The molecule has 4 saturated carbocycles. The third-order valence-corrected chi connectivity index (χ3v) is 7.30. The van der Waals surface area contributed by atoms with Crippen LogP contribution in [0.4, 0.5) is 0 Å². The van der Waals surface area contributed by atoms with Gasteiger partial charge in [-0.05, 0) is 69.6 Å². The maximum absolute atomic E-state index is 12.5. The smallest absolute Gasteiger partial charge is 0.236 e. The molecule has 124 valence electrons. The van der Waals surface area contributed by atoms with Gasteiger partial charge in [0.1, 0.15) is 0 Å². The summed E-state index contributed by atoms with van der Waals surface area (Å²) in [5.41, 5.74) is -0.465. The lowest BCUT2D eigenvalue weighted by Gasteiger charge is -2.63. The Kier molecular flexibility index (Phi) is 3.36. The molecular weight excluding hydrogens is 276 g/mol. The van der Waals surface area contributed by atoms with Gasteiger partial charge in [-0.3, -0.25) is 4.79 Å². The molecule has 2 N–H and O–H groups in total. The number of amides is 1. The molecule has 4 aliphatic carbocycles. The summed E-state index contributed by atoms with van der Waals surface area (Å²) in [4.78, 5) is 14.5. The predicted molar refractivity (Wildman–Crippen MR) is 85.3 cm³/mol. The third kappa shape index (κ3) is 2.22. The van der Waals surface area contributed by atoms with Gasteiger partial charge in [-0.15, -0.1) is 0 Å². The Labute approximate surface area is 133 Å². The first kappa shape index (κ1) is 14.9. The third-order valence-electron chi connectivity index (χ3n) is 7.30. The Balaban J connectivity index is 1.44. The number of hydrogen-bond donors (Lipinski definition) is 2. The van der Waals surface area contributed by atoms with E-state index in [2.05, 4.69) is 19.2 Å². The van der Waals surface area contributed by atoms with Gasteiger partial charge in [0.15, 0.2) is 0 Å². The van der Waals surface area contributed by atoms with Gasteiger partial charge in [0.25, 0.3) is 0 Å². The van der Waals surface area contributed by atoms with Crippen LogP contribution >= 0.6 is 0 Å². The summed E-state index contributed by atoms with van der Waals surface area (Å²) in [7, 11) is 0. The van der Waals surface area contributed by atoms with Crippen molar-refractivity contribution < 1.29 is 9.90 Å². The molecule has 0 aromatic heterocycles. The van der Waals surface area contributed by atoms with Gasteiger partial charge in [0.05, 0.1) is 12.1 Å². The van der Waals surface area contributed by atoms with Gasteiger partial charge < -0.3 is 15.3 Å². The molecule has 1 aliphatic heterocycles. The first-order chi connectivity index (χ1) is 10.4. The molecule has 1 unspecified atom stereocenters. The lowest BCUT2D eigenvalue weighted by atomic mass is 9.47. The summed E-state index contributed by atoms with van der Waals surface area (Å²) in [6.07, 6.45) is 7.68. The molecular formula is C18H30N2O2. The number of nitrogens with zero attached hydrogens (tertiary/aromatic N) is 1. The Morgan fingerprint density at radius 3 is 2.82 bits per heavy atom. The van der Waals surface area contributed by atoms with Crippen LogP contribution in [-0.2, 0) is 4.79 Å². The van der Waals surface area contributed by atoms with E-state index in [1.165, 1.54) is 6.42 Å². The largest absolute Gasteiger partial charge is 0.390 e. The summed E-state index contributed by atoms with van der Waals surface area (Å²) in [6.45, 7) is 5.75. The van der Waals surface area contributed by atoms with E-state index in [0.717, 1.165) is 45.1 Å². The average molecular weight is 306 g/mol. The van der Waals surface area contributed by atoms with Crippen molar-refractivity contribution in [3.63, 3.8) is 0 Å². The zero-order valence-electron chi connectivity index (χ0n) is 14.0. The molecule has 0 aromatic rings. The van der Waals surface area contributed by atoms with Crippen LogP contribution in [0.15, 0.2) is 0 Å². The summed E-state index contributed by atoms with van der Waals surface area (Å²) in [6, 6.07) is 0.398.